The maximum atomic E-state index is 12.3. The molecule has 148 valence electrons. The number of amides is 1. The number of methoxy groups -OCH3 is 1. The molecule has 5 nitrogen and oxygen atoms in total. The van der Waals surface area contributed by atoms with Crippen LogP contribution in [0, 0.1) is 5.92 Å². The number of nitrogens with one attached hydrogen (secondary N) is 2. The van der Waals surface area contributed by atoms with Crippen LogP contribution in [-0.4, -0.2) is 43.7 Å². The molecule has 0 radical (unpaired) electrons. The lowest BCUT2D eigenvalue weighted by atomic mass is 10.1. The monoisotopic (exact) mass is 402 g/mol. The van der Waals surface area contributed by atoms with E-state index in [2.05, 4.69) is 24.5 Å². The van der Waals surface area contributed by atoms with Crippen LogP contribution in [0.2, 0.25) is 0 Å². The summed E-state index contributed by atoms with van der Waals surface area (Å²) in [5.41, 5.74) is 1.01. The summed E-state index contributed by atoms with van der Waals surface area (Å²) in [6.07, 6.45) is 0.518. The normalized spacial score (nSPS) is 18.0. The van der Waals surface area contributed by atoms with E-state index in [0.29, 0.717) is 24.7 Å². The van der Waals surface area contributed by atoms with E-state index >= 15 is 0 Å². The summed E-state index contributed by atoms with van der Waals surface area (Å²) in [5.74, 6) is 4.09. The molecule has 7 heteroatoms. The zero-order valence-corrected chi connectivity index (χ0v) is 17.7. The highest BCUT2D eigenvalue weighted by atomic mass is 35.5. The first-order valence-electron chi connectivity index (χ1n) is 8.90. The van der Waals surface area contributed by atoms with Gasteiger partial charge in [-0.3, -0.25) is 4.79 Å². The predicted molar refractivity (Wildman–Crippen MR) is 111 cm³/mol. The molecule has 0 aromatic heterocycles. The van der Waals surface area contributed by atoms with Gasteiger partial charge in [0.2, 0.25) is 5.91 Å². The summed E-state index contributed by atoms with van der Waals surface area (Å²) >= 11 is 1.90. The largest absolute Gasteiger partial charge is 0.493 e. The Balaban J connectivity index is 0.00000338. The van der Waals surface area contributed by atoms with Crippen molar-refractivity contribution < 1.29 is 14.3 Å². The van der Waals surface area contributed by atoms with Gasteiger partial charge in [0, 0.05) is 30.5 Å². The van der Waals surface area contributed by atoms with Gasteiger partial charge >= 0.3 is 0 Å². The lowest BCUT2D eigenvalue weighted by Crippen LogP contribution is -2.41. The van der Waals surface area contributed by atoms with Crippen LogP contribution in [0.4, 0.5) is 0 Å². The number of carbonyl (C=O) groups is 1. The molecule has 26 heavy (non-hydrogen) atoms. The van der Waals surface area contributed by atoms with E-state index < -0.39 is 0 Å². The average Bonchev–Trinajstić information content (AvgIpc) is 2.60. The van der Waals surface area contributed by atoms with Crippen molar-refractivity contribution in [2.45, 2.75) is 39.3 Å². The van der Waals surface area contributed by atoms with E-state index in [1.165, 1.54) is 0 Å². The fraction of sp³-hybridized carbons (Fsp3) is 0.632. The van der Waals surface area contributed by atoms with Gasteiger partial charge in [0.1, 0.15) is 0 Å². The molecule has 1 aromatic rings. The molecule has 0 saturated carbocycles. The second-order valence-electron chi connectivity index (χ2n) is 6.83. The highest BCUT2D eigenvalue weighted by Crippen LogP contribution is 2.30. The maximum absolute atomic E-state index is 12.3. The third-order valence-electron chi connectivity index (χ3n) is 4.07. The number of carbonyl (C=O) groups excluding carboxylic acids is 1. The number of ether oxygens (including phenoxy) is 2. The van der Waals surface area contributed by atoms with Crippen molar-refractivity contribution in [2.75, 3.05) is 31.8 Å². The molecule has 0 bridgehead atoms. The molecule has 1 aromatic carbocycles. The van der Waals surface area contributed by atoms with Gasteiger partial charge in [0.15, 0.2) is 11.5 Å². The molecular formula is C19H31ClN2O3S. The molecule has 1 heterocycles. The molecule has 0 spiro atoms. The van der Waals surface area contributed by atoms with Gasteiger partial charge in [-0.25, -0.2) is 0 Å². The van der Waals surface area contributed by atoms with E-state index in [4.69, 9.17) is 9.47 Å². The van der Waals surface area contributed by atoms with Crippen molar-refractivity contribution in [1.82, 2.24) is 10.6 Å². The van der Waals surface area contributed by atoms with Gasteiger partial charge in [-0.2, -0.15) is 11.8 Å². The standard InChI is InChI=1S/C19H30N2O3S.ClH/c1-13(2)11-24-17-6-5-15(9-18(17)23-4)14(3)21-19(22)10-16-12-25-8-7-20-16;/h5-6,9,13-14,16,20H,7-8,10-12H2,1-4H3,(H,21,22);1H. The highest BCUT2D eigenvalue weighted by molar-refractivity contribution is 7.99. The Morgan fingerprint density at radius 2 is 2.12 bits per heavy atom. The van der Waals surface area contributed by atoms with Crippen molar-refractivity contribution >= 4 is 30.1 Å². The van der Waals surface area contributed by atoms with E-state index in [9.17, 15) is 4.79 Å². The van der Waals surface area contributed by atoms with Crippen molar-refractivity contribution in [1.29, 1.82) is 0 Å². The zero-order valence-electron chi connectivity index (χ0n) is 16.0. The van der Waals surface area contributed by atoms with Crippen LogP contribution >= 0.6 is 24.2 Å². The Hall–Kier alpha value is -1.11. The number of benzene rings is 1. The lowest BCUT2D eigenvalue weighted by molar-refractivity contribution is -0.122. The molecular weight excluding hydrogens is 372 g/mol. The number of hydrogen-bond acceptors (Lipinski definition) is 5. The number of thioether (sulfide) groups is 1. The Morgan fingerprint density at radius 3 is 2.73 bits per heavy atom. The molecule has 1 aliphatic rings. The molecule has 1 saturated heterocycles. The molecule has 1 amide bonds. The molecule has 1 aliphatic heterocycles. The highest BCUT2D eigenvalue weighted by Gasteiger charge is 2.19. The summed E-state index contributed by atoms with van der Waals surface area (Å²) in [7, 11) is 1.64. The van der Waals surface area contributed by atoms with Crippen LogP contribution in [0.5, 0.6) is 11.5 Å². The second kappa shape index (κ2) is 11.6. The first-order valence-corrected chi connectivity index (χ1v) is 10.1. The predicted octanol–water partition coefficient (Wildman–Crippen LogP) is 3.42. The number of hydrogen-bond donors (Lipinski definition) is 2. The van der Waals surface area contributed by atoms with Gasteiger partial charge in [-0.05, 0) is 30.5 Å². The minimum atomic E-state index is -0.0724. The smallest absolute Gasteiger partial charge is 0.222 e. The fourth-order valence-electron chi connectivity index (χ4n) is 2.69. The van der Waals surface area contributed by atoms with E-state index in [-0.39, 0.29) is 30.4 Å². The SMILES string of the molecule is COc1cc(C(C)NC(=O)CC2CSCCN2)ccc1OCC(C)C.Cl. The molecule has 2 unspecified atom stereocenters. The Bertz CT molecular complexity index is 566. The van der Waals surface area contributed by atoms with Crippen LogP contribution in [0.15, 0.2) is 18.2 Å². The van der Waals surface area contributed by atoms with Crippen molar-refractivity contribution in [3.8, 4) is 11.5 Å². The first-order chi connectivity index (χ1) is 12.0. The summed E-state index contributed by atoms with van der Waals surface area (Å²) < 4.78 is 11.2. The van der Waals surface area contributed by atoms with Crippen LogP contribution < -0.4 is 20.1 Å². The second-order valence-corrected chi connectivity index (χ2v) is 7.98. The van der Waals surface area contributed by atoms with Gasteiger partial charge in [0.25, 0.3) is 0 Å². The minimum Gasteiger partial charge on any atom is -0.493 e. The Kier molecular flexibility index (Phi) is 10.2. The van der Waals surface area contributed by atoms with Crippen LogP contribution in [0.25, 0.3) is 0 Å². The maximum Gasteiger partial charge on any atom is 0.222 e. The van der Waals surface area contributed by atoms with Crippen molar-refractivity contribution in [3.63, 3.8) is 0 Å². The molecule has 2 atom stereocenters. The Morgan fingerprint density at radius 1 is 1.35 bits per heavy atom. The van der Waals surface area contributed by atoms with Crippen LogP contribution in [-0.2, 0) is 4.79 Å². The zero-order chi connectivity index (χ0) is 18.2. The molecule has 0 aliphatic carbocycles. The summed E-state index contributed by atoms with van der Waals surface area (Å²) in [5, 5.41) is 6.47. The quantitative estimate of drug-likeness (QED) is 0.697. The van der Waals surface area contributed by atoms with Crippen molar-refractivity contribution in [3.05, 3.63) is 23.8 Å². The van der Waals surface area contributed by atoms with E-state index in [1.54, 1.807) is 7.11 Å². The minimum absolute atomic E-state index is 0. The first kappa shape index (κ1) is 22.9. The van der Waals surface area contributed by atoms with Gasteiger partial charge < -0.3 is 20.1 Å². The molecule has 2 rings (SSSR count). The third-order valence-corrected chi connectivity index (χ3v) is 5.20. The summed E-state index contributed by atoms with van der Waals surface area (Å²) in [6, 6.07) is 6.04. The number of halogens is 1. The van der Waals surface area contributed by atoms with Gasteiger partial charge in [-0.1, -0.05) is 19.9 Å². The van der Waals surface area contributed by atoms with E-state index in [0.717, 1.165) is 29.4 Å². The van der Waals surface area contributed by atoms with Crippen molar-refractivity contribution in [2.24, 2.45) is 5.92 Å². The van der Waals surface area contributed by atoms with E-state index in [1.807, 2.05) is 36.9 Å². The van der Waals surface area contributed by atoms with Crippen LogP contribution in [0.3, 0.4) is 0 Å². The fourth-order valence-corrected chi connectivity index (χ4v) is 3.64. The topological polar surface area (TPSA) is 59.6 Å². The third kappa shape index (κ3) is 7.25. The Labute approximate surface area is 167 Å². The summed E-state index contributed by atoms with van der Waals surface area (Å²) in [6.45, 7) is 7.84. The van der Waals surface area contributed by atoms with Gasteiger partial charge in [-0.15, -0.1) is 12.4 Å². The number of rotatable bonds is 8. The lowest BCUT2D eigenvalue weighted by Gasteiger charge is -2.24. The molecule has 2 N–H and O–H groups in total. The molecule has 1 fully saturated rings. The summed E-state index contributed by atoms with van der Waals surface area (Å²) in [4.78, 5) is 12.3. The average molecular weight is 403 g/mol. The van der Waals surface area contributed by atoms with Crippen LogP contribution in [0.1, 0.15) is 38.8 Å². The van der Waals surface area contributed by atoms with Gasteiger partial charge in [0.05, 0.1) is 19.8 Å².